The van der Waals surface area contributed by atoms with Gasteiger partial charge in [-0.3, -0.25) is 0 Å². The molecule has 0 saturated carbocycles. The molecule has 1 fully saturated rings. The van der Waals surface area contributed by atoms with Crippen molar-refractivity contribution in [3.05, 3.63) is 118 Å². The lowest BCUT2D eigenvalue weighted by molar-refractivity contribution is -0.171. The van der Waals surface area contributed by atoms with Crippen molar-refractivity contribution in [3.8, 4) is 40.2 Å². The Morgan fingerprint density at radius 2 is 1.44 bits per heavy atom. The van der Waals surface area contributed by atoms with E-state index in [-0.39, 0.29) is 69.7 Å². The number of aromatic hydroxyl groups is 6. The zero-order chi connectivity index (χ0) is 42.9. The number of phenolic OH excluding ortho intramolecular Hbond substituents is 6. The largest absolute Gasteiger partial charge is 0.512 e. The molecule has 59 heavy (non-hydrogen) atoms. The van der Waals surface area contributed by atoms with Crippen LogP contribution in [-0.2, 0) is 25.4 Å². The number of phenols is 6. The maximum absolute atomic E-state index is 13.5. The van der Waals surface area contributed by atoms with Crippen molar-refractivity contribution in [1.29, 1.82) is 0 Å². The molecule has 0 spiro atoms. The van der Waals surface area contributed by atoms with Gasteiger partial charge in [0, 0.05) is 23.6 Å². The summed E-state index contributed by atoms with van der Waals surface area (Å²) in [6.45, 7) is 7.26. The first-order valence-electron chi connectivity index (χ1n) is 18.9. The SMILES string of the molecule is C/C=C(\C)C(=O)OC1CC2C(O)=CC=C(c3c(O)cc(O)c4c3O[C@H](c3ccc(O)cc3)C(OC(=O)c3cc(N)c(N)c(O)c3)C4)C2O[C@@H]1c1ccc(O)c(O)c1.CC. The van der Waals surface area contributed by atoms with Crippen LogP contribution < -0.4 is 16.2 Å². The lowest BCUT2D eigenvalue weighted by Gasteiger charge is -2.44. The van der Waals surface area contributed by atoms with E-state index in [0.717, 1.165) is 12.1 Å². The standard InChI is InChI=1S/C42H40N2O13.C2H6/c1-3-18(2)41(52)54-34-15-24-27(46)11-9-23(39(24)56-38(34)20-6-10-28(47)30(49)13-20)35-31(50)17-29(48)25-16-33(37(57-40(25)35)19-4-7-22(45)8-5-19)55-42(53)21-12-26(43)36(44)32(51)14-21;1-2/h3-14,17,24,33-34,37-39,45-51H,15-16,43-44H2,1-2H3;1-2H3/b18-3+;/t24?,33?,34?,37-,38-,39?;/m1./s1. The van der Waals surface area contributed by atoms with E-state index in [9.17, 15) is 45.3 Å². The monoisotopic (exact) mass is 810 g/mol. The number of allylic oxidation sites excluding steroid dienone is 3. The van der Waals surface area contributed by atoms with E-state index in [1.54, 1.807) is 32.1 Å². The second kappa shape index (κ2) is 16.8. The molecule has 3 aliphatic rings. The van der Waals surface area contributed by atoms with Gasteiger partial charge in [0.2, 0.25) is 0 Å². The highest BCUT2D eigenvalue weighted by atomic mass is 16.6. The van der Waals surface area contributed by atoms with Gasteiger partial charge in [-0.1, -0.05) is 44.2 Å². The van der Waals surface area contributed by atoms with E-state index in [0.29, 0.717) is 22.3 Å². The number of aliphatic hydroxyl groups is 1. The van der Waals surface area contributed by atoms with Gasteiger partial charge in [-0.05, 0) is 79.4 Å². The molecule has 4 aromatic carbocycles. The summed E-state index contributed by atoms with van der Waals surface area (Å²) in [6, 6.07) is 13.4. The molecule has 6 atom stereocenters. The fourth-order valence-electron chi connectivity index (χ4n) is 7.31. The van der Waals surface area contributed by atoms with Crippen molar-refractivity contribution in [2.45, 2.75) is 71.1 Å². The maximum Gasteiger partial charge on any atom is 0.338 e. The zero-order valence-corrected chi connectivity index (χ0v) is 32.6. The molecule has 0 amide bonds. The Morgan fingerprint density at radius 3 is 2.10 bits per heavy atom. The smallest absolute Gasteiger partial charge is 0.338 e. The molecule has 1 saturated heterocycles. The first kappa shape index (κ1) is 41.6. The van der Waals surface area contributed by atoms with E-state index < -0.39 is 65.6 Å². The second-order valence-electron chi connectivity index (χ2n) is 14.1. The fourth-order valence-corrected chi connectivity index (χ4v) is 7.31. The van der Waals surface area contributed by atoms with E-state index in [4.69, 9.17) is 30.4 Å². The van der Waals surface area contributed by atoms with Crippen molar-refractivity contribution in [3.63, 3.8) is 0 Å². The molecule has 4 unspecified atom stereocenters. The summed E-state index contributed by atoms with van der Waals surface area (Å²) in [5.41, 5.74) is 13.0. The Hall–Kier alpha value is -7.00. The maximum atomic E-state index is 13.5. The van der Waals surface area contributed by atoms with Gasteiger partial charge in [-0.25, -0.2) is 9.59 Å². The molecule has 4 aromatic rings. The van der Waals surface area contributed by atoms with Gasteiger partial charge in [-0.15, -0.1) is 0 Å². The van der Waals surface area contributed by atoms with Crippen molar-refractivity contribution >= 4 is 28.9 Å². The number of esters is 2. The van der Waals surface area contributed by atoms with Crippen molar-refractivity contribution in [1.82, 2.24) is 0 Å². The Labute approximate surface area is 339 Å². The van der Waals surface area contributed by atoms with Crippen LogP contribution in [0.5, 0.6) is 40.2 Å². The molecule has 0 aromatic heterocycles. The van der Waals surface area contributed by atoms with Crippen molar-refractivity contribution in [2.24, 2.45) is 5.92 Å². The molecule has 0 bridgehead atoms. The lowest BCUT2D eigenvalue weighted by Crippen LogP contribution is -2.44. The van der Waals surface area contributed by atoms with Crippen LogP contribution in [0.25, 0.3) is 5.57 Å². The summed E-state index contributed by atoms with van der Waals surface area (Å²) in [7, 11) is 0. The van der Waals surface area contributed by atoms with Gasteiger partial charge in [-0.2, -0.15) is 0 Å². The third-order valence-electron chi connectivity index (χ3n) is 10.5. The third kappa shape index (κ3) is 8.09. The van der Waals surface area contributed by atoms with Gasteiger partial charge < -0.3 is 66.2 Å². The number of carbonyl (C=O) groups is 2. The van der Waals surface area contributed by atoms with Gasteiger partial charge in [0.05, 0.1) is 40.3 Å². The second-order valence-corrected chi connectivity index (χ2v) is 14.1. The first-order valence-corrected chi connectivity index (χ1v) is 18.9. The zero-order valence-electron chi connectivity index (χ0n) is 32.6. The van der Waals surface area contributed by atoms with Gasteiger partial charge in [0.15, 0.2) is 17.6 Å². The number of nitrogens with two attached hydrogens (primary N) is 2. The van der Waals surface area contributed by atoms with Crippen molar-refractivity contribution in [2.75, 3.05) is 11.5 Å². The third-order valence-corrected chi connectivity index (χ3v) is 10.5. The average molecular weight is 811 g/mol. The number of benzene rings is 4. The number of anilines is 2. The Balaban J connectivity index is 0.00000288. The summed E-state index contributed by atoms with van der Waals surface area (Å²) in [4.78, 5) is 26.5. The highest BCUT2D eigenvalue weighted by molar-refractivity contribution is 5.93. The van der Waals surface area contributed by atoms with Crippen LogP contribution in [-0.4, -0.2) is 66.0 Å². The number of fused-ring (bicyclic) bond motifs is 2. The molecule has 0 radical (unpaired) electrons. The fraction of sp³-hybridized carbons (Fsp3) is 0.273. The lowest BCUT2D eigenvalue weighted by atomic mass is 9.77. The Kier molecular flexibility index (Phi) is 11.9. The first-order chi connectivity index (χ1) is 28.1. The predicted octanol–water partition coefficient (Wildman–Crippen LogP) is 6.88. The molecule has 15 nitrogen and oxygen atoms in total. The van der Waals surface area contributed by atoms with Gasteiger partial charge >= 0.3 is 11.9 Å². The number of rotatable bonds is 7. The number of aliphatic hydroxyl groups excluding tert-OH is 1. The van der Waals surface area contributed by atoms with Gasteiger partial charge in [0.25, 0.3) is 0 Å². The molecule has 310 valence electrons. The highest BCUT2D eigenvalue weighted by Gasteiger charge is 2.48. The van der Waals surface area contributed by atoms with Crippen LogP contribution in [0.15, 0.2) is 90.2 Å². The van der Waals surface area contributed by atoms with Crippen LogP contribution in [0, 0.1) is 5.92 Å². The minimum Gasteiger partial charge on any atom is -0.512 e. The van der Waals surface area contributed by atoms with Gasteiger partial charge in [0.1, 0.15) is 47.1 Å². The number of hydrogen-bond donors (Lipinski definition) is 9. The molecule has 2 heterocycles. The summed E-state index contributed by atoms with van der Waals surface area (Å²) in [5.74, 6) is -4.54. The average Bonchev–Trinajstić information content (AvgIpc) is 3.22. The molecule has 1 aliphatic carbocycles. The van der Waals surface area contributed by atoms with E-state index in [2.05, 4.69) is 0 Å². The summed E-state index contributed by atoms with van der Waals surface area (Å²) >= 11 is 0. The quantitative estimate of drug-likeness (QED) is 0.0399. The summed E-state index contributed by atoms with van der Waals surface area (Å²) < 4.78 is 25.1. The van der Waals surface area contributed by atoms with Crippen LogP contribution in [0.4, 0.5) is 11.4 Å². The van der Waals surface area contributed by atoms with Crippen LogP contribution in [0.3, 0.4) is 0 Å². The minimum atomic E-state index is -1.12. The number of ether oxygens (including phenoxy) is 4. The topological polar surface area (TPSA) is 265 Å². The predicted molar refractivity (Wildman–Crippen MR) is 216 cm³/mol. The number of nitrogen functional groups attached to an aromatic ring is 2. The Morgan fingerprint density at radius 1 is 0.746 bits per heavy atom. The van der Waals surface area contributed by atoms with E-state index in [1.807, 2.05) is 13.8 Å². The minimum absolute atomic E-state index is 0.00623. The van der Waals surface area contributed by atoms with Crippen LogP contribution in [0.1, 0.15) is 78.9 Å². The summed E-state index contributed by atoms with van der Waals surface area (Å²) in [6.07, 6.45) is -0.888. The number of hydrogen-bond acceptors (Lipinski definition) is 15. The summed E-state index contributed by atoms with van der Waals surface area (Å²) in [5, 5.41) is 74.8. The molecule has 11 N–H and O–H groups in total. The highest BCUT2D eigenvalue weighted by Crippen LogP contribution is 2.54. The van der Waals surface area contributed by atoms with E-state index >= 15 is 0 Å². The number of carbonyl (C=O) groups excluding carboxylic acids is 2. The normalized spacial score (nSPS) is 22.2. The Bertz CT molecular complexity index is 2350. The van der Waals surface area contributed by atoms with Crippen LogP contribution >= 0.6 is 0 Å². The van der Waals surface area contributed by atoms with Crippen molar-refractivity contribution < 1.29 is 64.3 Å². The molecular weight excluding hydrogens is 764 g/mol. The van der Waals surface area contributed by atoms with Crippen LogP contribution in [0.2, 0.25) is 0 Å². The molecule has 7 rings (SSSR count). The molecule has 2 aliphatic heterocycles. The molecule has 15 heteroatoms. The van der Waals surface area contributed by atoms with E-state index in [1.165, 1.54) is 48.6 Å². The molecular formula is C44H46N2O13.